The molecule has 0 radical (unpaired) electrons. The molecule has 6 heteroatoms. The van der Waals surface area contributed by atoms with Crippen LogP contribution < -0.4 is 10.1 Å². The lowest BCUT2D eigenvalue weighted by Crippen LogP contribution is -2.08. The van der Waals surface area contributed by atoms with E-state index < -0.39 is 4.92 Å². The van der Waals surface area contributed by atoms with Crippen molar-refractivity contribution in [3.63, 3.8) is 0 Å². The summed E-state index contributed by atoms with van der Waals surface area (Å²) in [7, 11) is 0. The summed E-state index contributed by atoms with van der Waals surface area (Å²) in [4.78, 5) is 13.3. The van der Waals surface area contributed by atoms with Crippen LogP contribution in [0.1, 0.15) is 29.6 Å². The zero-order valence-electron chi connectivity index (χ0n) is 12.3. The molecule has 1 N–H and O–H groups in total. The van der Waals surface area contributed by atoms with Gasteiger partial charge in [0.05, 0.1) is 17.6 Å². The third kappa shape index (κ3) is 3.52. The molecule has 0 saturated heterocycles. The maximum Gasteiger partial charge on any atom is 0.333 e. The van der Waals surface area contributed by atoms with Crippen LogP contribution in [-0.4, -0.2) is 11.5 Å². The van der Waals surface area contributed by atoms with Crippen molar-refractivity contribution >= 4 is 22.7 Å². The van der Waals surface area contributed by atoms with Gasteiger partial charge in [0.15, 0.2) is 5.75 Å². The molecule has 0 aliphatic heterocycles. The third-order valence-corrected chi connectivity index (χ3v) is 4.22. The molecule has 0 saturated carbocycles. The number of para-hydroxylation sites is 1. The molecule has 1 aromatic heterocycles. The van der Waals surface area contributed by atoms with E-state index in [1.807, 2.05) is 26.0 Å². The smallest absolute Gasteiger partial charge is 0.333 e. The van der Waals surface area contributed by atoms with Crippen LogP contribution in [0.5, 0.6) is 5.75 Å². The van der Waals surface area contributed by atoms with E-state index in [4.69, 9.17) is 4.74 Å². The second kappa shape index (κ2) is 6.58. The van der Waals surface area contributed by atoms with Crippen molar-refractivity contribution in [2.75, 3.05) is 11.9 Å². The summed E-state index contributed by atoms with van der Waals surface area (Å²) in [6.45, 7) is 6.23. The Balaban J connectivity index is 2.30. The van der Waals surface area contributed by atoms with Crippen molar-refractivity contribution in [1.82, 2.24) is 0 Å². The minimum atomic E-state index is -0.403. The van der Waals surface area contributed by atoms with Crippen molar-refractivity contribution in [2.24, 2.45) is 0 Å². The summed E-state index contributed by atoms with van der Waals surface area (Å²) in [5, 5.41) is 14.5. The zero-order valence-corrected chi connectivity index (χ0v) is 13.1. The number of benzene rings is 1. The number of aryl methyl sites for hydroxylation is 1. The molecule has 0 amide bonds. The molecule has 0 aliphatic rings. The zero-order chi connectivity index (χ0) is 15.4. The second-order valence-electron chi connectivity index (χ2n) is 4.66. The van der Waals surface area contributed by atoms with Gasteiger partial charge in [-0.25, -0.2) is 0 Å². The normalized spacial score (nSPS) is 12.0. The van der Waals surface area contributed by atoms with E-state index in [0.29, 0.717) is 18.0 Å². The first kappa shape index (κ1) is 15.3. The molecule has 0 fully saturated rings. The predicted molar refractivity (Wildman–Crippen MR) is 85.4 cm³/mol. The summed E-state index contributed by atoms with van der Waals surface area (Å²) >= 11 is 1.68. The van der Waals surface area contributed by atoms with E-state index in [2.05, 4.69) is 5.32 Å². The standard InChI is InChI=1S/C15H18N2O3S/c1-4-20-13-7-5-6-12(15(13)17(18)19)16-11(3)14-9-8-10(2)21-14/h5-9,11,16H,4H2,1-3H3. The average molecular weight is 306 g/mol. The Morgan fingerprint density at radius 3 is 2.71 bits per heavy atom. The Bertz CT molecular complexity index is 640. The van der Waals surface area contributed by atoms with Crippen LogP contribution in [0.15, 0.2) is 30.3 Å². The average Bonchev–Trinajstić information content (AvgIpc) is 2.86. The summed E-state index contributed by atoms with van der Waals surface area (Å²) in [6, 6.07) is 9.16. The first-order valence-corrected chi connectivity index (χ1v) is 7.57. The highest BCUT2D eigenvalue weighted by molar-refractivity contribution is 7.12. The highest BCUT2D eigenvalue weighted by atomic mass is 32.1. The van der Waals surface area contributed by atoms with Gasteiger partial charge in [0, 0.05) is 9.75 Å². The summed E-state index contributed by atoms with van der Waals surface area (Å²) in [5.74, 6) is 0.294. The van der Waals surface area contributed by atoms with E-state index in [1.54, 1.807) is 36.5 Å². The van der Waals surface area contributed by atoms with Crippen molar-refractivity contribution in [2.45, 2.75) is 26.8 Å². The minimum absolute atomic E-state index is 0.000670. The molecule has 2 rings (SSSR count). The van der Waals surface area contributed by atoms with Gasteiger partial charge in [-0.3, -0.25) is 10.1 Å². The maximum absolute atomic E-state index is 11.3. The largest absolute Gasteiger partial charge is 0.487 e. The fraction of sp³-hybridized carbons (Fsp3) is 0.333. The molecule has 2 aromatic rings. The lowest BCUT2D eigenvalue weighted by molar-refractivity contribution is -0.385. The van der Waals surface area contributed by atoms with Gasteiger partial charge in [0.25, 0.3) is 0 Å². The molecule has 112 valence electrons. The summed E-state index contributed by atoms with van der Waals surface area (Å²) in [5.41, 5.74) is 0.462. The van der Waals surface area contributed by atoms with Gasteiger partial charge in [-0.15, -0.1) is 11.3 Å². The molecule has 21 heavy (non-hydrogen) atoms. The number of nitro benzene ring substituents is 1. The molecule has 1 aromatic carbocycles. The van der Waals surface area contributed by atoms with E-state index in [-0.39, 0.29) is 11.7 Å². The van der Waals surface area contributed by atoms with Gasteiger partial charge in [-0.2, -0.15) is 0 Å². The van der Waals surface area contributed by atoms with Crippen LogP contribution in [0.25, 0.3) is 0 Å². The van der Waals surface area contributed by atoms with Crippen LogP contribution in [0.2, 0.25) is 0 Å². The van der Waals surface area contributed by atoms with Gasteiger partial charge in [0.2, 0.25) is 0 Å². The second-order valence-corrected chi connectivity index (χ2v) is 5.98. The van der Waals surface area contributed by atoms with Gasteiger partial charge in [-0.05, 0) is 45.0 Å². The van der Waals surface area contributed by atoms with Crippen LogP contribution in [0.4, 0.5) is 11.4 Å². The Morgan fingerprint density at radius 1 is 1.38 bits per heavy atom. The number of nitrogens with zero attached hydrogens (tertiary/aromatic N) is 1. The molecule has 5 nitrogen and oxygen atoms in total. The Hall–Kier alpha value is -2.08. The fourth-order valence-corrected chi connectivity index (χ4v) is 2.97. The SMILES string of the molecule is CCOc1cccc(NC(C)c2ccc(C)s2)c1[N+](=O)[O-]. The van der Waals surface area contributed by atoms with Crippen molar-refractivity contribution in [3.05, 3.63) is 50.2 Å². The van der Waals surface area contributed by atoms with Crippen LogP contribution in [0.3, 0.4) is 0 Å². The maximum atomic E-state index is 11.3. The van der Waals surface area contributed by atoms with E-state index in [0.717, 1.165) is 4.88 Å². The monoisotopic (exact) mass is 306 g/mol. The van der Waals surface area contributed by atoms with Crippen LogP contribution >= 0.6 is 11.3 Å². The third-order valence-electron chi connectivity index (χ3n) is 3.04. The van der Waals surface area contributed by atoms with Gasteiger partial charge < -0.3 is 10.1 Å². The number of rotatable bonds is 6. The van der Waals surface area contributed by atoms with Gasteiger partial charge >= 0.3 is 5.69 Å². The Kier molecular flexibility index (Phi) is 4.80. The first-order chi connectivity index (χ1) is 10.0. The molecule has 0 spiro atoms. The van der Waals surface area contributed by atoms with E-state index in [9.17, 15) is 10.1 Å². The Morgan fingerprint density at radius 2 is 2.14 bits per heavy atom. The highest BCUT2D eigenvalue weighted by Crippen LogP contribution is 2.37. The number of nitro groups is 1. The molecule has 1 heterocycles. The van der Waals surface area contributed by atoms with Crippen molar-refractivity contribution < 1.29 is 9.66 Å². The topological polar surface area (TPSA) is 64.4 Å². The summed E-state index contributed by atoms with van der Waals surface area (Å²) in [6.07, 6.45) is 0. The number of ether oxygens (including phenoxy) is 1. The predicted octanol–water partition coefficient (Wildman–Crippen LogP) is 4.54. The molecular weight excluding hydrogens is 288 g/mol. The van der Waals surface area contributed by atoms with E-state index in [1.165, 1.54) is 4.88 Å². The molecule has 1 unspecified atom stereocenters. The number of anilines is 1. The molecular formula is C15H18N2O3S. The van der Waals surface area contributed by atoms with Crippen LogP contribution in [0, 0.1) is 17.0 Å². The summed E-state index contributed by atoms with van der Waals surface area (Å²) < 4.78 is 5.35. The lowest BCUT2D eigenvalue weighted by Gasteiger charge is -2.15. The minimum Gasteiger partial charge on any atom is -0.487 e. The van der Waals surface area contributed by atoms with Crippen LogP contribution in [-0.2, 0) is 0 Å². The highest BCUT2D eigenvalue weighted by Gasteiger charge is 2.22. The molecule has 0 aliphatic carbocycles. The Labute approximate surface area is 127 Å². The fourth-order valence-electron chi connectivity index (χ4n) is 2.09. The van der Waals surface area contributed by atoms with Gasteiger partial charge in [0.1, 0.15) is 5.69 Å². The number of thiophene rings is 1. The molecule has 0 bridgehead atoms. The van der Waals surface area contributed by atoms with Gasteiger partial charge in [-0.1, -0.05) is 6.07 Å². The lowest BCUT2D eigenvalue weighted by atomic mass is 10.2. The van der Waals surface area contributed by atoms with Crippen molar-refractivity contribution in [3.8, 4) is 5.75 Å². The number of hydrogen-bond acceptors (Lipinski definition) is 5. The van der Waals surface area contributed by atoms with E-state index >= 15 is 0 Å². The quantitative estimate of drug-likeness (QED) is 0.628. The first-order valence-electron chi connectivity index (χ1n) is 6.76. The number of nitrogens with one attached hydrogen (secondary N) is 1. The number of hydrogen-bond donors (Lipinski definition) is 1. The van der Waals surface area contributed by atoms with Crippen molar-refractivity contribution in [1.29, 1.82) is 0 Å². The molecule has 1 atom stereocenters.